The van der Waals surface area contributed by atoms with Gasteiger partial charge in [0, 0.05) is 37.9 Å². The van der Waals surface area contributed by atoms with Crippen LogP contribution >= 0.6 is 0 Å². The quantitative estimate of drug-likeness (QED) is 0.769. The predicted molar refractivity (Wildman–Crippen MR) is 118 cm³/mol. The molecule has 2 aromatic rings. The highest BCUT2D eigenvalue weighted by atomic mass is 16.5. The van der Waals surface area contributed by atoms with Crippen LogP contribution in [0.1, 0.15) is 12.8 Å². The Kier molecular flexibility index (Phi) is 7.49. The summed E-state index contributed by atoms with van der Waals surface area (Å²) in [6.45, 7) is 3.85. The number of amides is 2. The number of likely N-dealkylation sites (tertiary alicyclic amines) is 1. The lowest BCUT2D eigenvalue weighted by Gasteiger charge is -2.35. The largest absolute Gasteiger partial charge is 0.457 e. The van der Waals surface area contributed by atoms with E-state index < -0.39 is 0 Å². The summed E-state index contributed by atoms with van der Waals surface area (Å²) in [7, 11) is 6.17. The van der Waals surface area contributed by atoms with Crippen LogP contribution in [0.4, 0.5) is 10.5 Å². The maximum absolute atomic E-state index is 12.6. The second-order valence-electron chi connectivity index (χ2n) is 7.81. The first-order chi connectivity index (χ1) is 14.0. The summed E-state index contributed by atoms with van der Waals surface area (Å²) in [5.74, 6) is 1.46. The van der Waals surface area contributed by atoms with Gasteiger partial charge in [0.1, 0.15) is 11.5 Å². The Morgan fingerprint density at radius 1 is 1.03 bits per heavy atom. The zero-order valence-electron chi connectivity index (χ0n) is 17.7. The molecule has 6 nitrogen and oxygen atoms in total. The SMILES string of the molecule is CN1CCC(N(C)CCN(C)C(=O)Nc2cccc(Oc3ccccc3)c2)CC1. The van der Waals surface area contributed by atoms with Gasteiger partial charge in [-0.2, -0.15) is 0 Å². The summed E-state index contributed by atoms with van der Waals surface area (Å²) < 4.78 is 5.84. The molecule has 2 aromatic carbocycles. The topological polar surface area (TPSA) is 48.0 Å². The van der Waals surface area contributed by atoms with Crippen molar-refractivity contribution in [3.8, 4) is 11.5 Å². The first-order valence-electron chi connectivity index (χ1n) is 10.2. The first-order valence-corrected chi connectivity index (χ1v) is 10.2. The summed E-state index contributed by atoms with van der Waals surface area (Å²) in [6.07, 6.45) is 2.38. The van der Waals surface area contributed by atoms with Crippen LogP contribution in [-0.4, -0.2) is 74.1 Å². The number of hydrogen-bond donors (Lipinski definition) is 1. The number of hydrogen-bond acceptors (Lipinski definition) is 4. The zero-order chi connectivity index (χ0) is 20.6. The fourth-order valence-electron chi connectivity index (χ4n) is 3.51. The lowest BCUT2D eigenvalue weighted by molar-refractivity contribution is 0.136. The number of rotatable bonds is 7. The van der Waals surface area contributed by atoms with Gasteiger partial charge in [-0.3, -0.25) is 0 Å². The van der Waals surface area contributed by atoms with E-state index in [-0.39, 0.29) is 6.03 Å². The number of likely N-dealkylation sites (N-methyl/N-ethyl adjacent to an activating group) is 2. The van der Waals surface area contributed by atoms with Crippen LogP contribution in [0.3, 0.4) is 0 Å². The molecule has 0 aliphatic carbocycles. The molecule has 1 N–H and O–H groups in total. The van der Waals surface area contributed by atoms with Crippen molar-refractivity contribution in [1.29, 1.82) is 0 Å². The third kappa shape index (κ3) is 6.48. The minimum Gasteiger partial charge on any atom is -0.457 e. The van der Waals surface area contributed by atoms with Crippen LogP contribution in [0.5, 0.6) is 11.5 Å². The van der Waals surface area contributed by atoms with Gasteiger partial charge in [-0.1, -0.05) is 24.3 Å². The van der Waals surface area contributed by atoms with Crippen LogP contribution in [0.2, 0.25) is 0 Å². The molecule has 156 valence electrons. The molecular formula is C23H32N4O2. The Morgan fingerprint density at radius 3 is 2.45 bits per heavy atom. The second kappa shape index (κ2) is 10.3. The number of para-hydroxylation sites is 1. The van der Waals surface area contributed by atoms with E-state index in [1.54, 1.807) is 4.90 Å². The molecule has 1 aliphatic heterocycles. The van der Waals surface area contributed by atoms with Crippen LogP contribution in [0.25, 0.3) is 0 Å². The molecule has 1 saturated heterocycles. The maximum atomic E-state index is 12.6. The average Bonchev–Trinajstić information content (AvgIpc) is 2.73. The summed E-state index contributed by atoms with van der Waals surface area (Å²) in [4.78, 5) is 19.0. The Labute approximate surface area is 174 Å². The molecule has 0 radical (unpaired) electrons. The minimum absolute atomic E-state index is 0.112. The van der Waals surface area contributed by atoms with Gasteiger partial charge < -0.3 is 24.8 Å². The van der Waals surface area contributed by atoms with E-state index >= 15 is 0 Å². The number of nitrogens with one attached hydrogen (secondary N) is 1. The second-order valence-corrected chi connectivity index (χ2v) is 7.81. The van der Waals surface area contributed by atoms with Crippen molar-refractivity contribution in [3.63, 3.8) is 0 Å². The number of nitrogens with zero attached hydrogens (tertiary/aromatic N) is 3. The van der Waals surface area contributed by atoms with E-state index in [0.29, 0.717) is 18.3 Å². The Bertz CT molecular complexity index is 775. The molecular weight excluding hydrogens is 364 g/mol. The molecule has 3 rings (SSSR count). The Morgan fingerprint density at radius 2 is 1.72 bits per heavy atom. The monoisotopic (exact) mass is 396 g/mol. The fourth-order valence-corrected chi connectivity index (χ4v) is 3.51. The van der Waals surface area contributed by atoms with E-state index in [4.69, 9.17) is 4.74 Å². The standard InChI is InChI=1S/C23H32N4O2/c1-25-14-12-20(13-15-25)26(2)16-17-27(3)23(28)24-19-8-7-11-22(18-19)29-21-9-5-4-6-10-21/h4-11,18,20H,12-17H2,1-3H3,(H,24,28). The molecule has 1 heterocycles. The molecule has 1 fully saturated rings. The molecule has 0 unspecified atom stereocenters. The number of piperidine rings is 1. The van der Waals surface area contributed by atoms with Crippen molar-refractivity contribution in [3.05, 3.63) is 54.6 Å². The molecule has 29 heavy (non-hydrogen) atoms. The van der Waals surface area contributed by atoms with E-state index in [0.717, 1.165) is 31.1 Å². The number of benzene rings is 2. The minimum atomic E-state index is -0.112. The molecule has 0 aromatic heterocycles. The van der Waals surface area contributed by atoms with E-state index in [9.17, 15) is 4.79 Å². The maximum Gasteiger partial charge on any atom is 0.321 e. The molecule has 6 heteroatoms. The molecule has 1 aliphatic rings. The van der Waals surface area contributed by atoms with Gasteiger partial charge in [0.05, 0.1) is 0 Å². The van der Waals surface area contributed by atoms with Gasteiger partial charge in [-0.05, 0) is 64.3 Å². The van der Waals surface area contributed by atoms with Gasteiger partial charge in [-0.25, -0.2) is 4.79 Å². The Hall–Kier alpha value is -2.57. The summed E-state index contributed by atoms with van der Waals surface area (Å²) in [6, 6.07) is 17.6. The van der Waals surface area contributed by atoms with E-state index in [2.05, 4.69) is 29.2 Å². The zero-order valence-corrected chi connectivity index (χ0v) is 17.7. The highest BCUT2D eigenvalue weighted by Crippen LogP contribution is 2.24. The van der Waals surface area contributed by atoms with Crippen LogP contribution < -0.4 is 10.1 Å². The smallest absolute Gasteiger partial charge is 0.321 e. The van der Waals surface area contributed by atoms with Gasteiger partial charge in [0.25, 0.3) is 0 Å². The third-order valence-electron chi connectivity index (χ3n) is 5.51. The van der Waals surface area contributed by atoms with Crippen molar-refractivity contribution in [2.75, 3.05) is 52.6 Å². The molecule has 0 atom stereocenters. The summed E-state index contributed by atoms with van der Waals surface area (Å²) >= 11 is 0. The van der Waals surface area contributed by atoms with Gasteiger partial charge in [-0.15, -0.1) is 0 Å². The van der Waals surface area contributed by atoms with Crippen molar-refractivity contribution < 1.29 is 9.53 Å². The molecule has 2 amide bonds. The number of anilines is 1. The van der Waals surface area contributed by atoms with Crippen molar-refractivity contribution >= 4 is 11.7 Å². The fraction of sp³-hybridized carbons (Fsp3) is 0.435. The first kappa shape index (κ1) is 21.1. The van der Waals surface area contributed by atoms with Crippen LogP contribution in [0.15, 0.2) is 54.6 Å². The molecule has 0 saturated carbocycles. The lowest BCUT2D eigenvalue weighted by atomic mass is 10.0. The molecule has 0 spiro atoms. The Balaban J connectivity index is 1.47. The van der Waals surface area contributed by atoms with Crippen molar-refractivity contribution in [1.82, 2.24) is 14.7 Å². The van der Waals surface area contributed by atoms with E-state index in [1.165, 1.54) is 12.8 Å². The van der Waals surface area contributed by atoms with Crippen molar-refractivity contribution in [2.24, 2.45) is 0 Å². The average molecular weight is 397 g/mol. The lowest BCUT2D eigenvalue weighted by Crippen LogP contribution is -2.45. The van der Waals surface area contributed by atoms with E-state index in [1.807, 2.05) is 61.6 Å². The highest BCUT2D eigenvalue weighted by molar-refractivity contribution is 5.89. The van der Waals surface area contributed by atoms with Crippen LogP contribution in [-0.2, 0) is 0 Å². The van der Waals surface area contributed by atoms with Crippen LogP contribution in [0, 0.1) is 0 Å². The molecule has 0 bridgehead atoms. The van der Waals surface area contributed by atoms with Crippen molar-refractivity contribution in [2.45, 2.75) is 18.9 Å². The summed E-state index contributed by atoms with van der Waals surface area (Å²) in [5.41, 5.74) is 0.721. The van der Waals surface area contributed by atoms with Gasteiger partial charge >= 0.3 is 6.03 Å². The summed E-state index contributed by atoms with van der Waals surface area (Å²) in [5, 5.41) is 2.96. The normalized spacial score (nSPS) is 15.3. The number of carbonyl (C=O) groups is 1. The predicted octanol–water partition coefficient (Wildman–Crippen LogP) is 3.97. The van der Waals surface area contributed by atoms with Gasteiger partial charge in [0.2, 0.25) is 0 Å². The number of urea groups is 1. The number of carbonyl (C=O) groups excluding carboxylic acids is 1. The highest BCUT2D eigenvalue weighted by Gasteiger charge is 2.21. The third-order valence-corrected chi connectivity index (χ3v) is 5.51. The number of ether oxygens (including phenoxy) is 1. The van der Waals surface area contributed by atoms with Gasteiger partial charge in [0.15, 0.2) is 0 Å².